The van der Waals surface area contributed by atoms with Crippen LogP contribution in [0.25, 0.3) is 0 Å². The zero-order chi connectivity index (χ0) is 18.9. The zero-order valence-electron chi connectivity index (χ0n) is 14.4. The fourth-order valence-electron chi connectivity index (χ4n) is 2.19. The minimum absolute atomic E-state index is 0.0105. The minimum atomic E-state index is -0.418. The Labute approximate surface area is 151 Å². The summed E-state index contributed by atoms with van der Waals surface area (Å²) in [6.07, 6.45) is 0.0357. The van der Waals surface area contributed by atoms with Gasteiger partial charge in [-0.3, -0.25) is 9.59 Å². The zero-order valence-corrected chi connectivity index (χ0v) is 14.4. The van der Waals surface area contributed by atoms with Gasteiger partial charge in [0.05, 0.1) is 5.71 Å². The Morgan fingerprint density at radius 2 is 1.69 bits per heavy atom. The van der Waals surface area contributed by atoms with Crippen molar-refractivity contribution in [3.63, 3.8) is 0 Å². The number of benzene rings is 2. The largest absolute Gasteiger partial charge is 0.508 e. The number of hydrogen-bond acceptors (Lipinski definition) is 5. The second-order valence-electron chi connectivity index (χ2n) is 5.70. The van der Waals surface area contributed by atoms with E-state index in [4.69, 9.17) is 0 Å². The summed E-state index contributed by atoms with van der Waals surface area (Å²) >= 11 is 0. The van der Waals surface area contributed by atoms with Crippen molar-refractivity contribution in [1.29, 1.82) is 0 Å². The molecule has 7 heteroatoms. The number of carbonyl (C=O) groups excluding carboxylic acids is 2. The van der Waals surface area contributed by atoms with Crippen LogP contribution in [0.5, 0.6) is 11.5 Å². The number of nitrogens with one attached hydrogen (secondary N) is 2. The van der Waals surface area contributed by atoms with Crippen molar-refractivity contribution in [2.24, 2.45) is 5.10 Å². The van der Waals surface area contributed by atoms with E-state index in [0.29, 0.717) is 17.8 Å². The van der Waals surface area contributed by atoms with Crippen molar-refractivity contribution in [2.45, 2.75) is 26.3 Å². The van der Waals surface area contributed by atoms with Gasteiger partial charge in [-0.15, -0.1) is 0 Å². The monoisotopic (exact) mass is 355 g/mol. The van der Waals surface area contributed by atoms with Crippen molar-refractivity contribution < 1.29 is 19.8 Å². The molecular weight excluding hydrogens is 334 g/mol. The molecule has 2 aromatic rings. The van der Waals surface area contributed by atoms with Gasteiger partial charge in [0.25, 0.3) is 0 Å². The Bertz CT molecular complexity index is 804. The van der Waals surface area contributed by atoms with Crippen LogP contribution < -0.4 is 10.7 Å². The van der Waals surface area contributed by atoms with E-state index in [9.17, 15) is 19.8 Å². The van der Waals surface area contributed by atoms with E-state index >= 15 is 0 Å². The lowest BCUT2D eigenvalue weighted by Gasteiger charge is -2.06. The molecule has 0 atom stereocenters. The third-order valence-electron chi connectivity index (χ3n) is 3.63. The molecular formula is C19H21N3O4. The van der Waals surface area contributed by atoms with Crippen LogP contribution in [0.4, 0.5) is 0 Å². The molecule has 0 radical (unpaired) electrons. The van der Waals surface area contributed by atoms with Crippen LogP contribution in [0.15, 0.2) is 53.6 Å². The fraction of sp³-hybridized carbons (Fsp3) is 0.211. The van der Waals surface area contributed by atoms with E-state index in [-0.39, 0.29) is 30.2 Å². The van der Waals surface area contributed by atoms with Crippen LogP contribution in [0.2, 0.25) is 0 Å². The molecule has 2 aromatic carbocycles. The predicted molar refractivity (Wildman–Crippen MR) is 97.6 cm³/mol. The van der Waals surface area contributed by atoms with Gasteiger partial charge >= 0.3 is 0 Å². The Morgan fingerprint density at radius 3 is 2.42 bits per heavy atom. The molecule has 0 unspecified atom stereocenters. The number of hydrazone groups is 1. The standard InChI is InChI=1S/C19H21N3O4/c1-13(16-11-15(23)7-8-17(16)24)21-22-19(26)10-9-18(25)20-12-14-5-3-2-4-6-14/h2-8,11,23-24H,9-10,12H2,1H3,(H,20,25)(H,22,26)/b21-13-. The summed E-state index contributed by atoms with van der Waals surface area (Å²) < 4.78 is 0. The quantitative estimate of drug-likeness (QED) is 0.346. The Kier molecular flexibility index (Phi) is 6.73. The lowest BCUT2D eigenvalue weighted by atomic mass is 10.1. The first-order valence-electron chi connectivity index (χ1n) is 8.12. The molecule has 0 saturated carbocycles. The second-order valence-corrected chi connectivity index (χ2v) is 5.70. The third-order valence-corrected chi connectivity index (χ3v) is 3.63. The number of phenolic OH excluding ortho intramolecular Hbond substituents is 2. The van der Waals surface area contributed by atoms with Gasteiger partial charge in [0.15, 0.2) is 0 Å². The number of nitrogens with zero attached hydrogens (tertiary/aromatic N) is 1. The van der Waals surface area contributed by atoms with Gasteiger partial charge in [0.1, 0.15) is 11.5 Å². The van der Waals surface area contributed by atoms with Gasteiger partial charge in [-0.05, 0) is 30.7 Å². The molecule has 0 aliphatic heterocycles. The Balaban J connectivity index is 1.77. The molecule has 0 spiro atoms. The smallest absolute Gasteiger partial charge is 0.240 e. The molecule has 2 rings (SSSR count). The van der Waals surface area contributed by atoms with Gasteiger partial charge in [-0.25, -0.2) is 5.43 Å². The molecule has 0 heterocycles. The molecule has 0 fully saturated rings. The summed E-state index contributed by atoms with van der Waals surface area (Å²) in [5.74, 6) is -0.721. The van der Waals surface area contributed by atoms with E-state index in [1.807, 2.05) is 30.3 Å². The second kappa shape index (κ2) is 9.22. The number of hydrogen-bond donors (Lipinski definition) is 4. The first-order chi connectivity index (χ1) is 12.5. The first-order valence-corrected chi connectivity index (χ1v) is 8.12. The topological polar surface area (TPSA) is 111 Å². The highest BCUT2D eigenvalue weighted by Gasteiger charge is 2.09. The van der Waals surface area contributed by atoms with Crippen molar-refractivity contribution in [3.8, 4) is 11.5 Å². The van der Waals surface area contributed by atoms with Gasteiger partial charge in [0, 0.05) is 24.9 Å². The molecule has 26 heavy (non-hydrogen) atoms. The van der Waals surface area contributed by atoms with Crippen molar-refractivity contribution >= 4 is 17.5 Å². The van der Waals surface area contributed by atoms with Gasteiger partial charge in [-0.1, -0.05) is 30.3 Å². The summed E-state index contributed by atoms with van der Waals surface area (Å²) in [7, 11) is 0. The average Bonchev–Trinajstić information content (AvgIpc) is 2.65. The van der Waals surface area contributed by atoms with E-state index in [1.165, 1.54) is 18.2 Å². The predicted octanol–water partition coefficient (Wildman–Crippen LogP) is 2.03. The van der Waals surface area contributed by atoms with Crippen LogP contribution in [0, 0.1) is 0 Å². The Hall–Kier alpha value is -3.35. The number of aromatic hydroxyl groups is 2. The molecule has 0 aliphatic carbocycles. The number of amides is 2. The highest BCUT2D eigenvalue weighted by molar-refractivity contribution is 6.01. The highest BCUT2D eigenvalue weighted by Crippen LogP contribution is 2.22. The van der Waals surface area contributed by atoms with Crippen LogP contribution in [0.1, 0.15) is 30.9 Å². The molecule has 7 nitrogen and oxygen atoms in total. The fourth-order valence-corrected chi connectivity index (χ4v) is 2.19. The molecule has 2 amide bonds. The lowest BCUT2D eigenvalue weighted by Crippen LogP contribution is -2.26. The number of carbonyl (C=O) groups is 2. The average molecular weight is 355 g/mol. The van der Waals surface area contributed by atoms with Crippen LogP contribution in [0.3, 0.4) is 0 Å². The lowest BCUT2D eigenvalue weighted by molar-refractivity contribution is -0.126. The molecule has 0 bridgehead atoms. The van der Waals surface area contributed by atoms with Crippen LogP contribution in [-0.4, -0.2) is 27.7 Å². The van der Waals surface area contributed by atoms with Crippen LogP contribution >= 0.6 is 0 Å². The normalized spacial score (nSPS) is 11.0. The van der Waals surface area contributed by atoms with E-state index in [0.717, 1.165) is 5.56 Å². The number of rotatable bonds is 7. The minimum Gasteiger partial charge on any atom is -0.508 e. The van der Waals surface area contributed by atoms with Crippen molar-refractivity contribution in [3.05, 3.63) is 59.7 Å². The maximum absolute atomic E-state index is 11.8. The molecule has 0 aromatic heterocycles. The summed E-state index contributed by atoms with van der Waals surface area (Å²) in [5.41, 5.74) is 3.96. The summed E-state index contributed by atoms with van der Waals surface area (Å²) in [5, 5.41) is 25.8. The summed E-state index contributed by atoms with van der Waals surface area (Å²) in [6, 6.07) is 13.5. The van der Waals surface area contributed by atoms with Crippen LogP contribution in [-0.2, 0) is 16.1 Å². The van der Waals surface area contributed by atoms with Gasteiger partial charge in [0.2, 0.25) is 11.8 Å². The molecule has 0 saturated heterocycles. The Morgan fingerprint density at radius 1 is 1.00 bits per heavy atom. The third kappa shape index (κ3) is 5.94. The van der Waals surface area contributed by atoms with Gasteiger partial charge < -0.3 is 15.5 Å². The number of phenols is 2. The van der Waals surface area contributed by atoms with Crippen molar-refractivity contribution in [2.75, 3.05) is 0 Å². The van der Waals surface area contributed by atoms with Crippen molar-refractivity contribution in [1.82, 2.24) is 10.7 Å². The maximum Gasteiger partial charge on any atom is 0.240 e. The molecule has 136 valence electrons. The molecule has 4 N–H and O–H groups in total. The van der Waals surface area contributed by atoms with E-state index in [2.05, 4.69) is 15.8 Å². The van der Waals surface area contributed by atoms with Gasteiger partial charge in [-0.2, -0.15) is 5.10 Å². The summed E-state index contributed by atoms with van der Waals surface area (Å²) in [6.45, 7) is 2.00. The van der Waals surface area contributed by atoms with E-state index in [1.54, 1.807) is 6.92 Å². The highest BCUT2D eigenvalue weighted by atomic mass is 16.3. The van der Waals surface area contributed by atoms with E-state index < -0.39 is 5.91 Å². The maximum atomic E-state index is 11.8. The first kappa shape index (κ1) is 19.0. The SMILES string of the molecule is C/C(=N/NC(=O)CCC(=O)NCc1ccccc1)c1cc(O)ccc1O. The summed E-state index contributed by atoms with van der Waals surface area (Å²) in [4.78, 5) is 23.6. The molecule has 0 aliphatic rings.